The van der Waals surface area contributed by atoms with Crippen LogP contribution in [0.25, 0.3) is 0 Å². The molecule has 328 valence electrons. The quantitative estimate of drug-likeness (QED) is 0.0886. The fraction of sp³-hybridized carbons (Fsp3) is 0.500. The third-order valence-corrected chi connectivity index (χ3v) is 9.85. The van der Waals surface area contributed by atoms with Crippen molar-refractivity contribution in [1.29, 1.82) is 0 Å². The van der Waals surface area contributed by atoms with Crippen LogP contribution in [0.3, 0.4) is 0 Å². The molecule has 1 aliphatic rings. The first-order valence-corrected chi connectivity index (χ1v) is 21.2. The Bertz CT molecular complexity index is 2050. The van der Waals surface area contributed by atoms with E-state index in [0.717, 1.165) is 31.1 Å². The second kappa shape index (κ2) is 22.1. The Balaban J connectivity index is 1.44. The molecule has 1 atom stereocenters. The van der Waals surface area contributed by atoms with E-state index in [1.165, 1.54) is 11.0 Å². The number of para-hydroxylation sites is 1. The average Bonchev–Trinajstić information content (AvgIpc) is 3.68. The van der Waals surface area contributed by atoms with Gasteiger partial charge in [0.1, 0.15) is 17.3 Å². The Morgan fingerprint density at radius 2 is 1.68 bits per heavy atom. The summed E-state index contributed by atoms with van der Waals surface area (Å²) in [5, 5.41) is 8.60. The number of primary sulfonamides is 1. The number of nitrogens with one attached hydrogen (secondary N) is 1. The van der Waals surface area contributed by atoms with Gasteiger partial charge in [-0.25, -0.2) is 27.9 Å². The Morgan fingerprint density at radius 1 is 0.983 bits per heavy atom. The van der Waals surface area contributed by atoms with Crippen LogP contribution < -0.4 is 24.8 Å². The molecule has 0 unspecified atom stereocenters. The molecule has 4 rings (SSSR count). The topological polar surface area (TPSA) is 254 Å². The molecule has 22 heteroatoms. The summed E-state index contributed by atoms with van der Waals surface area (Å²) in [7, 11) is -4.45. The Kier molecular flexibility index (Phi) is 17.4. The first-order valence-electron chi connectivity index (χ1n) is 18.9. The Morgan fingerprint density at radius 3 is 2.33 bits per heavy atom. The van der Waals surface area contributed by atoms with Gasteiger partial charge in [-0.1, -0.05) is 31.5 Å². The number of amides is 1. The molecule has 3 aromatic rings. The van der Waals surface area contributed by atoms with E-state index in [2.05, 4.69) is 14.1 Å². The number of hydrogen-bond acceptors (Lipinski definition) is 19. The van der Waals surface area contributed by atoms with Gasteiger partial charge in [-0.2, -0.15) is 4.37 Å². The van der Waals surface area contributed by atoms with Gasteiger partial charge in [0.15, 0.2) is 31.7 Å². The molecule has 0 radical (unpaired) electrons. The van der Waals surface area contributed by atoms with Crippen molar-refractivity contribution in [1.82, 2.24) is 13.6 Å². The fourth-order valence-electron chi connectivity index (χ4n) is 5.51. The number of esters is 4. The zero-order valence-corrected chi connectivity index (χ0v) is 35.6. The second-order valence-electron chi connectivity index (χ2n) is 14.2. The van der Waals surface area contributed by atoms with Crippen molar-refractivity contribution in [3.05, 3.63) is 48.0 Å². The highest BCUT2D eigenvalue weighted by molar-refractivity contribution is 7.89. The first kappa shape index (κ1) is 47.1. The predicted octanol–water partition coefficient (Wildman–Crippen LogP) is 2.91. The number of benzene rings is 2. The lowest BCUT2D eigenvalue weighted by molar-refractivity contribution is -0.167. The molecule has 1 fully saturated rings. The van der Waals surface area contributed by atoms with Crippen LogP contribution in [0.4, 0.5) is 11.5 Å². The standard InChI is InChI=1S/C38H50N6O14S2/c1-6-7-13-40-29-18-26(19-30(60(39,50)51)34(29)58-27-11-9-8-10-12-27)37(49)56-23-32(47)54-24-33(48)57-28(20-44(38(3,4)5)31(46)22-53-25(2)45)21-55-36-35(41-59-42-36)43-14-16-52-17-15-43/h8-12,18-19,28,40H,6-7,13-17,20-24H2,1-5H3,(H2,39,50,51)/t28-/m0/s1. The van der Waals surface area contributed by atoms with Crippen LogP contribution in [-0.2, 0) is 52.9 Å². The van der Waals surface area contributed by atoms with E-state index in [4.69, 9.17) is 38.3 Å². The number of sulfonamides is 1. The summed E-state index contributed by atoms with van der Waals surface area (Å²) in [6.07, 6.45) is 0.355. The summed E-state index contributed by atoms with van der Waals surface area (Å²) in [6.45, 7) is 7.79. The van der Waals surface area contributed by atoms with E-state index in [9.17, 15) is 32.4 Å². The number of ether oxygens (including phenoxy) is 7. The number of carbonyl (C=O) groups is 5. The molecule has 1 amide bonds. The summed E-state index contributed by atoms with van der Waals surface area (Å²) >= 11 is 0.918. The minimum Gasteiger partial charge on any atom is -0.470 e. The van der Waals surface area contributed by atoms with E-state index in [0.29, 0.717) is 50.8 Å². The molecule has 1 aliphatic heterocycles. The molecule has 20 nitrogen and oxygen atoms in total. The molecular weight excluding hydrogens is 829 g/mol. The third-order valence-electron chi connectivity index (χ3n) is 8.43. The number of unbranched alkanes of at least 4 members (excludes halogenated alkanes) is 1. The van der Waals surface area contributed by atoms with Crippen LogP contribution in [0.1, 0.15) is 57.8 Å². The number of rotatable bonds is 21. The largest absolute Gasteiger partial charge is 0.470 e. The summed E-state index contributed by atoms with van der Waals surface area (Å²) in [5.74, 6) is -3.70. The maximum atomic E-state index is 13.2. The third kappa shape index (κ3) is 14.6. The number of carbonyl (C=O) groups excluding carboxylic acids is 5. The van der Waals surface area contributed by atoms with Gasteiger partial charge in [0.25, 0.3) is 11.8 Å². The molecule has 60 heavy (non-hydrogen) atoms. The monoisotopic (exact) mass is 878 g/mol. The molecule has 0 saturated carbocycles. The molecular formula is C38H50N6O14S2. The van der Waals surface area contributed by atoms with Crippen molar-refractivity contribution in [2.24, 2.45) is 5.14 Å². The summed E-state index contributed by atoms with van der Waals surface area (Å²) in [5.41, 5.74) is -0.973. The van der Waals surface area contributed by atoms with E-state index in [1.807, 2.05) is 11.8 Å². The Hall–Kier alpha value is -5.58. The van der Waals surface area contributed by atoms with Crippen LogP contribution >= 0.6 is 11.7 Å². The van der Waals surface area contributed by atoms with Gasteiger partial charge >= 0.3 is 23.9 Å². The smallest absolute Gasteiger partial charge is 0.344 e. The number of anilines is 2. The van der Waals surface area contributed by atoms with Gasteiger partial charge in [0.2, 0.25) is 15.8 Å². The van der Waals surface area contributed by atoms with E-state index in [-0.39, 0.29) is 36.0 Å². The van der Waals surface area contributed by atoms with Gasteiger partial charge in [0.05, 0.1) is 42.7 Å². The van der Waals surface area contributed by atoms with Gasteiger partial charge < -0.3 is 48.3 Å². The SMILES string of the molecule is CCCCNc1cc(C(=O)OCC(=O)OCC(=O)O[C@H](COc2nsnc2N2CCOCC2)CN(C(=O)COC(C)=O)C(C)(C)C)cc(S(N)(=O)=O)c1Oc1ccccc1. The van der Waals surface area contributed by atoms with Gasteiger partial charge in [-0.15, -0.1) is 4.37 Å². The zero-order valence-electron chi connectivity index (χ0n) is 34.0. The molecule has 1 aromatic heterocycles. The number of nitrogens with zero attached hydrogens (tertiary/aromatic N) is 4. The molecule has 0 aliphatic carbocycles. The predicted molar refractivity (Wildman–Crippen MR) is 215 cm³/mol. The van der Waals surface area contributed by atoms with Crippen molar-refractivity contribution in [2.75, 3.05) is 76.0 Å². The highest BCUT2D eigenvalue weighted by Crippen LogP contribution is 2.37. The average molecular weight is 879 g/mol. The Labute approximate surface area is 351 Å². The number of hydrogen-bond donors (Lipinski definition) is 2. The molecule has 1 saturated heterocycles. The number of morpholine rings is 1. The van der Waals surface area contributed by atoms with Crippen LogP contribution in [-0.4, -0.2) is 129 Å². The first-order chi connectivity index (χ1) is 28.5. The maximum Gasteiger partial charge on any atom is 0.344 e. The second-order valence-corrected chi connectivity index (χ2v) is 16.3. The molecule has 2 aromatic carbocycles. The van der Waals surface area contributed by atoms with Crippen molar-refractivity contribution in [2.45, 2.75) is 64.0 Å². The number of nitrogens with two attached hydrogens (primary N) is 1. The lowest BCUT2D eigenvalue weighted by Gasteiger charge is -2.37. The minimum atomic E-state index is -4.45. The normalized spacial score (nSPS) is 13.4. The van der Waals surface area contributed by atoms with Gasteiger partial charge in [-0.05, 0) is 51.5 Å². The minimum absolute atomic E-state index is 0.135. The van der Waals surface area contributed by atoms with Crippen LogP contribution in [0.5, 0.6) is 17.4 Å². The highest BCUT2D eigenvalue weighted by Gasteiger charge is 2.32. The summed E-state index contributed by atoms with van der Waals surface area (Å²) in [6, 6.07) is 10.6. The summed E-state index contributed by atoms with van der Waals surface area (Å²) < 4.78 is 71.9. The highest BCUT2D eigenvalue weighted by atomic mass is 32.2. The van der Waals surface area contributed by atoms with Crippen molar-refractivity contribution in [3.8, 4) is 17.4 Å². The maximum absolute atomic E-state index is 13.2. The molecule has 3 N–H and O–H groups in total. The van der Waals surface area contributed by atoms with Crippen molar-refractivity contribution < 1.29 is 65.5 Å². The van der Waals surface area contributed by atoms with Crippen LogP contribution in [0.15, 0.2) is 47.4 Å². The van der Waals surface area contributed by atoms with E-state index in [1.54, 1.807) is 51.1 Å². The number of aromatic nitrogens is 2. The van der Waals surface area contributed by atoms with Crippen LogP contribution in [0, 0.1) is 0 Å². The lowest BCUT2D eigenvalue weighted by atomic mass is 10.1. The van der Waals surface area contributed by atoms with Crippen LogP contribution in [0.2, 0.25) is 0 Å². The molecule has 2 heterocycles. The molecule has 0 spiro atoms. The van der Waals surface area contributed by atoms with E-state index < -0.39 is 76.2 Å². The van der Waals surface area contributed by atoms with Crippen molar-refractivity contribution in [3.63, 3.8) is 0 Å². The van der Waals surface area contributed by atoms with Gasteiger partial charge in [0, 0.05) is 32.1 Å². The van der Waals surface area contributed by atoms with Gasteiger partial charge in [-0.3, -0.25) is 9.59 Å². The lowest BCUT2D eigenvalue weighted by Crippen LogP contribution is -2.52. The fourth-order valence-corrected chi connectivity index (χ4v) is 6.73. The zero-order chi connectivity index (χ0) is 43.9. The molecule has 0 bridgehead atoms. The summed E-state index contributed by atoms with van der Waals surface area (Å²) in [4.78, 5) is 66.3. The van der Waals surface area contributed by atoms with E-state index >= 15 is 0 Å². The van der Waals surface area contributed by atoms with Crippen molar-refractivity contribution >= 4 is 63.0 Å².